The highest BCUT2D eigenvalue weighted by Gasteiger charge is 2.45. The van der Waals surface area contributed by atoms with Gasteiger partial charge in [0.1, 0.15) is 5.78 Å². The Balaban J connectivity index is 1.82. The molecule has 22 heavy (non-hydrogen) atoms. The van der Waals surface area contributed by atoms with Crippen molar-refractivity contribution in [2.45, 2.75) is 18.4 Å². The molecule has 5 heteroatoms. The van der Waals surface area contributed by atoms with Gasteiger partial charge in [-0.15, -0.1) is 0 Å². The number of non-ortho nitro benzene ring substituents is 1. The van der Waals surface area contributed by atoms with Gasteiger partial charge in [0.2, 0.25) is 0 Å². The van der Waals surface area contributed by atoms with Gasteiger partial charge in [-0.1, -0.05) is 30.3 Å². The zero-order valence-electron chi connectivity index (χ0n) is 11.8. The van der Waals surface area contributed by atoms with E-state index in [1.54, 1.807) is 0 Å². The molecule has 0 bridgehead atoms. The molecule has 0 aliphatic heterocycles. The first-order valence-corrected chi connectivity index (χ1v) is 7.08. The number of hydrogen-bond donors (Lipinski definition) is 1. The fourth-order valence-electron chi connectivity index (χ4n) is 2.97. The van der Waals surface area contributed by atoms with E-state index >= 15 is 0 Å². The summed E-state index contributed by atoms with van der Waals surface area (Å²) in [5.41, 5.74) is 1.54. The largest absolute Gasteiger partial charge is 0.388 e. The van der Waals surface area contributed by atoms with Crippen molar-refractivity contribution < 1.29 is 14.8 Å². The number of nitro groups is 1. The van der Waals surface area contributed by atoms with Crippen LogP contribution in [-0.4, -0.2) is 15.8 Å². The molecule has 2 aromatic rings. The zero-order chi connectivity index (χ0) is 15.7. The van der Waals surface area contributed by atoms with Gasteiger partial charge in [-0.3, -0.25) is 14.9 Å². The van der Waals surface area contributed by atoms with Gasteiger partial charge in [0, 0.05) is 24.5 Å². The molecule has 0 aromatic heterocycles. The maximum Gasteiger partial charge on any atom is 0.269 e. The van der Waals surface area contributed by atoms with Crippen LogP contribution in [0, 0.1) is 16.0 Å². The summed E-state index contributed by atoms with van der Waals surface area (Å²) in [4.78, 5) is 22.1. The number of rotatable bonds is 4. The molecule has 0 saturated heterocycles. The van der Waals surface area contributed by atoms with Crippen molar-refractivity contribution in [2.24, 2.45) is 5.92 Å². The van der Waals surface area contributed by atoms with Crippen LogP contribution in [0.25, 0.3) is 0 Å². The van der Waals surface area contributed by atoms with Crippen LogP contribution in [0.4, 0.5) is 5.69 Å². The number of nitrogens with zero attached hydrogens (tertiary/aromatic N) is 1. The van der Waals surface area contributed by atoms with Crippen LogP contribution < -0.4 is 0 Å². The molecule has 0 radical (unpaired) electrons. The molecule has 1 aliphatic rings. The van der Waals surface area contributed by atoms with Crippen LogP contribution in [0.15, 0.2) is 54.6 Å². The fraction of sp³-hybridized carbons (Fsp3) is 0.235. The maximum atomic E-state index is 11.9. The molecule has 2 aromatic carbocycles. The van der Waals surface area contributed by atoms with E-state index < -0.39 is 16.9 Å². The lowest BCUT2D eigenvalue weighted by Crippen LogP contribution is -2.39. The number of aliphatic hydroxyl groups excluding tert-OH is 1. The quantitative estimate of drug-likeness (QED) is 0.695. The second-order valence-electron chi connectivity index (χ2n) is 5.51. The Morgan fingerprint density at radius 2 is 1.73 bits per heavy atom. The Kier molecular flexibility index (Phi) is 3.73. The predicted octanol–water partition coefficient (Wildman–Crippen LogP) is 3.00. The minimum Gasteiger partial charge on any atom is -0.388 e. The van der Waals surface area contributed by atoms with Crippen LogP contribution in [0.5, 0.6) is 0 Å². The van der Waals surface area contributed by atoms with Gasteiger partial charge < -0.3 is 5.11 Å². The topological polar surface area (TPSA) is 80.4 Å². The van der Waals surface area contributed by atoms with Crippen LogP contribution in [0.1, 0.15) is 29.6 Å². The van der Waals surface area contributed by atoms with Crippen molar-refractivity contribution in [1.29, 1.82) is 0 Å². The van der Waals surface area contributed by atoms with Crippen molar-refractivity contribution in [2.75, 3.05) is 0 Å². The van der Waals surface area contributed by atoms with E-state index in [2.05, 4.69) is 0 Å². The minimum atomic E-state index is -0.938. The van der Waals surface area contributed by atoms with Gasteiger partial charge in [-0.2, -0.15) is 0 Å². The summed E-state index contributed by atoms with van der Waals surface area (Å²) in [6.07, 6.45) is -0.508. The molecule has 3 rings (SSSR count). The van der Waals surface area contributed by atoms with Crippen LogP contribution >= 0.6 is 0 Å². The Bertz CT molecular complexity index is 696. The van der Waals surface area contributed by atoms with Crippen LogP contribution in [0.2, 0.25) is 0 Å². The van der Waals surface area contributed by atoms with E-state index in [1.807, 2.05) is 30.3 Å². The fourth-order valence-corrected chi connectivity index (χ4v) is 2.97. The lowest BCUT2D eigenvalue weighted by Gasteiger charge is -2.38. The maximum absolute atomic E-state index is 11.9. The SMILES string of the molecule is O=C1C[C@H](c2ccccc2)[C@H]1[C@H](O)c1ccc([N+](=O)[O-])cc1. The average molecular weight is 297 g/mol. The Morgan fingerprint density at radius 1 is 1.09 bits per heavy atom. The first-order chi connectivity index (χ1) is 10.6. The lowest BCUT2D eigenvalue weighted by molar-refractivity contribution is -0.384. The van der Waals surface area contributed by atoms with E-state index in [0.717, 1.165) is 5.56 Å². The van der Waals surface area contributed by atoms with E-state index in [-0.39, 0.29) is 17.4 Å². The number of Topliss-reactive ketones (excluding diaryl/α,β-unsaturated/α-hetero) is 1. The first kappa shape index (κ1) is 14.4. The number of benzene rings is 2. The third-order valence-electron chi connectivity index (χ3n) is 4.24. The molecule has 1 fully saturated rings. The average Bonchev–Trinajstić information content (AvgIpc) is 2.53. The normalized spacial score (nSPS) is 22.0. The van der Waals surface area contributed by atoms with Crippen molar-refractivity contribution in [1.82, 2.24) is 0 Å². The number of carbonyl (C=O) groups is 1. The van der Waals surface area contributed by atoms with Gasteiger partial charge >= 0.3 is 0 Å². The highest BCUT2D eigenvalue weighted by molar-refractivity contribution is 5.90. The molecule has 0 spiro atoms. The summed E-state index contributed by atoms with van der Waals surface area (Å²) < 4.78 is 0. The van der Waals surface area contributed by atoms with Gasteiger partial charge in [-0.25, -0.2) is 0 Å². The molecule has 112 valence electrons. The van der Waals surface area contributed by atoms with Crippen molar-refractivity contribution in [3.63, 3.8) is 0 Å². The summed E-state index contributed by atoms with van der Waals surface area (Å²) >= 11 is 0. The molecule has 5 nitrogen and oxygen atoms in total. The Morgan fingerprint density at radius 3 is 2.27 bits per heavy atom. The predicted molar refractivity (Wildman–Crippen MR) is 80.4 cm³/mol. The third-order valence-corrected chi connectivity index (χ3v) is 4.24. The Hall–Kier alpha value is -2.53. The van der Waals surface area contributed by atoms with Crippen LogP contribution in [-0.2, 0) is 4.79 Å². The molecule has 0 amide bonds. The number of aliphatic hydroxyl groups is 1. The Labute approximate surface area is 127 Å². The lowest BCUT2D eigenvalue weighted by atomic mass is 9.65. The van der Waals surface area contributed by atoms with E-state index in [1.165, 1.54) is 24.3 Å². The minimum absolute atomic E-state index is 0.00103. The molecule has 1 aliphatic carbocycles. The molecule has 0 heterocycles. The van der Waals surface area contributed by atoms with Crippen molar-refractivity contribution >= 4 is 11.5 Å². The third kappa shape index (κ3) is 2.51. The second-order valence-corrected chi connectivity index (χ2v) is 5.51. The van der Waals surface area contributed by atoms with Crippen molar-refractivity contribution in [3.05, 3.63) is 75.8 Å². The molecular weight excluding hydrogens is 282 g/mol. The molecule has 1 N–H and O–H groups in total. The second kappa shape index (κ2) is 5.69. The monoisotopic (exact) mass is 297 g/mol. The van der Waals surface area contributed by atoms with Gasteiger partial charge in [0.05, 0.1) is 16.9 Å². The van der Waals surface area contributed by atoms with E-state index in [9.17, 15) is 20.0 Å². The molecule has 0 unspecified atom stereocenters. The van der Waals surface area contributed by atoms with E-state index in [0.29, 0.717) is 12.0 Å². The highest BCUT2D eigenvalue weighted by Crippen LogP contribution is 2.46. The number of ketones is 1. The summed E-state index contributed by atoms with van der Waals surface area (Å²) in [6.45, 7) is 0. The first-order valence-electron chi connectivity index (χ1n) is 7.08. The number of hydrogen-bond acceptors (Lipinski definition) is 4. The van der Waals surface area contributed by atoms with Gasteiger partial charge in [-0.05, 0) is 23.3 Å². The van der Waals surface area contributed by atoms with Crippen LogP contribution in [0.3, 0.4) is 0 Å². The van der Waals surface area contributed by atoms with E-state index in [4.69, 9.17) is 0 Å². The standard InChI is InChI=1S/C17H15NO4/c19-15-10-14(11-4-2-1-3-5-11)16(15)17(20)12-6-8-13(9-7-12)18(21)22/h1-9,14,16-17,20H,10H2/t14-,16-,17-/m1/s1. The smallest absolute Gasteiger partial charge is 0.269 e. The highest BCUT2D eigenvalue weighted by atomic mass is 16.6. The molecular formula is C17H15NO4. The van der Waals surface area contributed by atoms with Gasteiger partial charge in [0.15, 0.2) is 0 Å². The summed E-state index contributed by atoms with van der Waals surface area (Å²) in [5, 5.41) is 21.1. The number of carbonyl (C=O) groups excluding carboxylic acids is 1. The van der Waals surface area contributed by atoms with Gasteiger partial charge in [0.25, 0.3) is 5.69 Å². The van der Waals surface area contributed by atoms with Crippen molar-refractivity contribution in [3.8, 4) is 0 Å². The summed E-state index contributed by atoms with van der Waals surface area (Å²) in [6, 6.07) is 15.3. The number of nitro benzene ring substituents is 1. The molecule has 3 atom stereocenters. The zero-order valence-corrected chi connectivity index (χ0v) is 11.8. The summed E-state index contributed by atoms with van der Waals surface area (Å²) in [7, 11) is 0. The molecule has 1 saturated carbocycles. The summed E-state index contributed by atoms with van der Waals surface area (Å²) in [5.74, 6) is -0.456.